The first-order valence-corrected chi connectivity index (χ1v) is 16.8. The van der Waals surface area contributed by atoms with Gasteiger partial charge in [0.1, 0.15) is 23.2 Å². The predicted octanol–water partition coefficient (Wildman–Crippen LogP) is 9.21. The van der Waals surface area contributed by atoms with Crippen LogP contribution < -0.4 is 10.1 Å². The summed E-state index contributed by atoms with van der Waals surface area (Å²) in [5.41, 5.74) is 3.46. The number of nitrogens with zero attached hydrogens (tertiary/aromatic N) is 1. The molecule has 0 saturated heterocycles. The van der Waals surface area contributed by atoms with Crippen molar-refractivity contribution in [3.8, 4) is 21.9 Å². The molecule has 6 rings (SSSR count). The molecule has 0 aliphatic heterocycles. The number of rotatable bonds is 10. The largest absolute Gasteiger partial charge is 0.480 e. The summed E-state index contributed by atoms with van der Waals surface area (Å²) in [6.07, 6.45) is 5.65. The summed E-state index contributed by atoms with van der Waals surface area (Å²) >= 11 is 1.54. The van der Waals surface area contributed by atoms with Crippen LogP contribution in [0, 0.1) is 5.92 Å². The molecule has 6 nitrogen and oxygen atoms in total. The molecule has 3 aromatic carbocycles. The highest BCUT2D eigenvalue weighted by atomic mass is 32.1. The molecule has 46 heavy (non-hydrogen) atoms. The summed E-state index contributed by atoms with van der Waals surface area (Å²) in [5, 5.41) is 14.6. The van der Waals surface area contributed by atoms with E-state index in [1.807, 2.05) is 72.8 Å². The zero-order valence-corrected chi connectivity index (χ0v) is 27.4. The van der Waals surface area contributed by atoms with Crippen LogP contribution in [0.2, 0.25) is 0 Å². The molecular formula is C39H40N2O4S. The maximum Gasteiger partial charge on any atom is 0.326 e. The first kappa shape index (κ1) is 31.5. The third-order valence-corrected chi connectivity index (χ3v) is 9.91. The molecule has 1 atom stereocenters. The minimum absolute atomic E-state index is 0.0621. The maximum atomic E-state index is 13.6. The second-order valence-electron chi connectivity index (χ2n) is 13.3. The zero-order chi connectivity index (χ0) is 32.3. The van der Waals surface area contributed by atoms with Gasteiger partial charge in [-0.05, 0) is 76.7 Å². The van der Waals surface area contributed by atoms with Crippen molar-refractivity contribution < 1.29 is 19.4 Å². The minimum atomic E-state index is -1.08. The number of ether oxygens (including phenoxy) is 1. The Morgan fingerprint density at radius 1 is 0.935 bits per heavy atom. The molecule has 0 bridgehead atoms. The Labute approximate surface area is 274 Å². The van der Waals surface area contributed by atoms with Gasteiger partial charge in [-0.1, -0.05) is 95.0 Å². The van der Waals surface area contributed by atoms with Crippen LogP contribution in [0.3, 0.4) is 0 Å². The summed E-state index contributed by atoms with van der Waals surface area (Å²) in [6, 6.07) is 28.6. The second kappa shape index (κ2) is 13.5. The fraction of sp³-hybridized carbons (Fsp3) is 0.308. The third-order valence-electron chi connectivity index (χ3n) is 8.76. The van der Waals surface area contributed by atoms with E-state index in [-0.39, 0.29) is 17.5 Å². The number of carboxylic acids is 1. The molecule has 2 N–H and O–H groups in total. The number of carboxylic acid groups (broad SMARTS) is 1. The number of fused-ring (bicyclic) bond motifs is 1. The Morgan fingerprint density at radius 3 is 2.35 bits per heavy atom. The molecule has 2 aromatic heterocycles. The second-order valence-corrected chi connectivity index (χ2v) is 14.4. The number of carbonyl (C=O) groups is 2. The highest BCUT2D eigenvalue weighted by molar-refractivity contribution is 7.15. The van der Waals surface area contributed by atoms with Crippen LogP contribution in [-0.2, 0) is 23.1 Å². The highest BCUT2D eigenvalue weighted by Gasteiger charge is 2.25. The van der Waals surface area contributed by atoms with Crippen LogP contribution in [-0.4, -0.2) is 28.0 Å². The van der Waals surface area contributed by atoms with Crippen molar-refractivity contribution in [2.24, 2.45) is 5.92 Å². The van der Waals surface area contributed by atoms with Gasteiger partial charge < -0.3 is 15.2 Å². The summed E-state index contributed by atoms with van der Waals surface area (Å²) in [7, 11) is 0. The molecule has 0 spiro atoms. The average molecular weight is 633 g/mol. The monoisotopic (exact) mass is 632 g/mol. The van der Waals surface area contributed by atoms with Crippen molar-refractivity contribution in [1.82, 2.24) is 10.3 Å². The molecule has 236 valence electrons. The number of nitrogens with one attached hydrogen (secondary N) is 1. The van der Waals surface area contributed by atoms with E-state index in [1.54, 1.807) is 6.07 Å². The number of pyridine rings is 1. The first-order chi connectivity index (χ1) is 22.1. The molecule has 1 aliphatic carbocycles. The van der Waals surface area contributed by atoms with E-state index in [4.69, 9.17) is 9.72 Å². The van der Waals surface area contributed by atoms with Gasteiger partial charge in [0.05, 0.1) is 0 Å². The fourth-order valence-corrected chi connectivity index (χ4v) is 7.22. The zero-order valence-electron chi connectivity index (χ0n) is 26.6. The predicted molar refractivity (Wildman–Crippen MR) is 185 cm³/mol. The Bertz CT molecular complexity index is 1830. The summed E-state index contributed by atoms with van der Waals surface area (Å²) < 4.78 is 6.25. The van der Waals surface area contributed by atoms with Crippen molar-refractivity contribution in [2.75, 3.05) is 0 Å². The quantitative estimate of drug-likeness (QED) is 0.160. The number of carbonyl (C=O) groups excluding carboxylic acids is 1. The first-order valence-electron chi connectivity index (χ1n) is 16.0. The summed E-state index contributed by atoms with van der Waals surface area (Å²) in [5.74, 6) is 0.413. The van der Waals surface area contributed by atoms with Crippen LogP contribution in [0.4, 0.5) is 0 Å². The molecule has 1 amide bonds. The van der Waals surface area contributed by atoms with Crippen LogP contribution in [0.15, 0.2) is 91.0 Å². The van der Waals surface area contributed by atoms with Crippen molar-refractivity contribution in [2.45, 2.75) is 70.8 Å². The van der Waals surface area contributed by atoms with Crippen molar-refractivity contribution in [3.05, 3.63) is 113 Å². The van der Waals surface area contributed by atoms with Crippen LogP contribution >= 0.6 is 11.3 Å². The van der Waals surface area contributed by atoms with Crippen molar-refractivity contribution in [1.29, 1.82) is 0 Å². The lowest BCUT2D eigenvalue weighted by molar-refractivity contribution is -0.139. The van der Waals surface area contributed by atoms with Gasteiger partial charge in [-0.15, -0.1) is 11.3 Å². The normalized spacial score (nSPS) is 14.3. The lowest BCUT2D eigenvalue weighted by Crippen LogP contribution is -2.42. The number of aromatic nitrogens is 1. The number of aliphatic carboxylic acids is 1. The van der Waals surface area contributed by atoms with E-state index >= 15 is 0 Å². The van der Waals surface area contributed by atoms with Gasteiger partial charge in [0, 0.05) is 27.3 Å². The molecule has 1 fully saturated rings. The lowest BCUT2D eigenvalue weighted by Gasteiger charge is -2.19. The molecule has 0 radical (unpaired) electrons. The molecule has 1 unspecified atom stereocenters. The van der Waals surface area contributed by atoms with E-state index in [0.29, 0.717) is 11.7 Å². The Hall–Kier alpha value is -4.49. The van der Waals surface area contributed by atoms with E-state index < -0.39 is 17.9 Å². The topological polar surface area (TPSA) is 88.5 Å². The van der Waals surface area contributed by atoms with Crippen LogP contribution in [0.1, 0.15) is 73.1 Å². The number of amides is 1. The van der Waals surface area contributed by atoms with Crippen LogP contribution in [0.25, 0.3) is 21.2 Å². The molecule has 1 aliphatic rings. The van der Waals surface area contributed by atoms with Gasteiger partial charge in [0.25, 0.3) is 5.91 Å². The number of hydrogen-bond donors (Lipinski definition) is 2. The summed E-state index contributed by atoms with van der Waals surface area (Å²) in [6.45, 7) is 6.56. The number of benzene rings is 3. The van der Waals surface area contributed by atoms with Gasteiger partial charge in [0.15, 0.2) is 0 Å². The van der Waals surface area contributed by atoms with Gasteiger partial charge in [-0.25, -0.2) is 9.78 Å². The molecule has 1 saturated carbocycles. The fourth-order valence-electron chi connectivity index (χ4n) is 6.16. The van der Waals surface area contributed by atoms with Gasteiger partial charge >= 0.3 is 5.97 Å². The lowest BCUT2D eigenvalue weighted by atomic mass is 9.87. The molecule has 2 heterocycles. The Kier molecular flexibility index (Phi) is 9.22. The highest BCUT2D eigenvalue weighted by Crippen LogP contribution is 2.34. The van der Waals surface area contributed by atoms with Gasteiger partial charge in [-0.2, -0.15) is 0 Å². The molecular weight excluding hydrogens is 593 g/mol. The third kappa shape index (κ3) is 7.48. The van der Waals surface area contributed by atoms with E-state index in [0.717, 1.165) is 56.8 Å². The van der Waals surface area contributed by atoms with Crippen molar-refractivity contribution >= 4 is 34.0 Å². The SMILES string of the molecule is CC(C)(C)c1ccc(Oc2ccc3cc(C(=O)NC(Cc4ccc(-c5ccccc5)s4)C(=O)O)nc(CC4CCCC4)c3c2)cc1. The van der Waals surface area contributed by atoms with Crippen molar-refractivity contribution in [3.63, 3.8) is 0 Å². The van der Waals surface area contributed by atoms with Crippen LogP contribution in [0.5, 0.6) is 11.5 Å². The Morgan fingerprint density at radius 2 is 1.65 bits per heavy atom. The molecule has 5 aromatic rings. The summed E-state index contributed by atoms with van der Waals surface area (Å²) in [4.78, 5) is 32.6. The number of hydrogen-bond acceptors (Lipinski definition) is 5. The van der Waals surface area contributed by atoms with E-state index in [9.17, 15) is 14.7 Å². The maximum absolute atomic E-state index is 13.6. The van der Waals surface area contributed by atoms with E-state index in [1.165, 1.54) is 29.7 Å². The Balaban J connectivity index is 1.24. The molecule has 7 heteroatoms. The standard InChI is InChI=1S/C39H40N2O4S/c1-39(2,3)28-14-17-29(18-15-28)45-30-16-13-27-22-34(40-33(32(27)23-30)21-25-9-7-8-10-25)37(42)41-35(38(43)44)24-31-19-20-36(46-31)26-11-5-4-6-12-26/h4-6,11-20,22-23,25,35H,7-10,21,24H2,1-3H3,(H,41,42)(H,43,44). The van der Waals surface area contributed by atoms with Gasteiger partial charge in [-0.3, -0.25) is 4.79 Å². The number of thiophene rings is 1. The van der Waals surface area contributed by atoms with Gasteiger partial charge in [0.2, 0.25) is 0 Å². The average Bonchev–Trinajstić information content (AvgIpc) is 3.73. The van der Waals surface area contributed by atoms with E-state index in [2.05, 4.69) is 38.2 Å². The smallest absolute Gasteiger partial charge is 0.326 e. The minimum Gasteiger partial charge on any atom is -0.480 e.